The molecule has 0 amide bonds. The zero-order valence-electron chi connectivity index (χ0n) is 12.7. The second-order valence-corrected chi connectivity index (χ2v) is 6.52. The largest absolute Gasteiger partial charge is 0.497 e. The number of nitrogens with zero attached hydrogens (tertiary/aromatic N) is 2. The van der Waals surface area contributed by atoms with Gasteiger partial charge in [0.05, 0.1) is 19.9 Å². The standard InChI is InChI=1S/C15H16N4O2S2/c1-20-10-5-6-12(13(8-10)21-2)16-14-17-15(19-18-14)23-9-11-4-3-7-22-11/h3-8H,9H2,1-2H3,(H2,16,17,18,19). The van der Waals surface area contributed by atoms with Crippen LogP contribution in [0.1, 0.15) is 4.88 Å². The van der Waals surface area contributed by atoms with Crippen molar-refractivity contribution < 1.29 is 9.47 Å². The number of thioether (sulfide) groups is 1. The fourth-order valence-electron chi connectivity index (χ4n) is 1.92. The predicted octanol–water partition coefficient (Wildman–Crippen LogP) is 3.92. The molecule has 3 aromatic rings. The van der Waals surface area contributed by atoms with Crippen LogP contribution >= 0.6 is 23.1 Å². The molecule has 0 spiro atoms. The van der Waals surface area contributed by atoms with Crippen molar-refractivity contribution in [2.24, 2.45) is 0 Å². The van der Waals surface area contributed by atoms with E-state index in [1.807, 2.05) is 18.2 Å². The van der Waals surface area contributed by atoms with Crippen LogP contribution in [0, 0.1) is 0 Å². The third kappa shape index (κ3) is 3.96. The summed E-state index contributed by atoms with van der Waals surface area (Å²) in [5.41, 5.74) is 0.780. The maximum Gasteiger partial charge on any atom is 0.247 e. The molecule has 0 aliphatic rings. The van der Waals surface area contributed by atoms with Gasteiger partial charge in [0.1, 0.15) is 11.5 Å². The highest BCUT2D eigenvalue weighted by Gasteiger charge is 2.09. The van der Waals surface area contributed by atoms with E-state index in [1.165, 1.54) is 4.88 Å². The first-order chi connectivity index (χ1) is 11.3. The van der Waals surface area contributed by atoms with Gasteiger partial charge in [-0.3, -0.25) is 5.10 Å². The number of methoxy groups -OCH3 is 2. The number of hydrogen-bond donors (Lipinski definition) is 2. The third-order valence-electron chi connectivity index (χ3n) is 3.05. The van der Waals surface area contributed by atoms with Crippen LogP contribution in [0.3, 0.4) is 0 Å². The van der Waals surface area contributed by atoms with Crippen molar-refractivity contribution in [3.8, 4) is 11.5 Å². The summed E-state index contributed by atoms with van der Waals surface area (Å²) >= 11 is 3.35. The van der Waals surface area contributed by atoms with E-state index in [2.05, 4.69) is 31.9 Å². The highest BCUT2D eigenvalue weighted by atomic mass is 32.2. The Morgan fingerprint density at radius 3 is 2.91 bits per heavy atom. The predicted molar refractivity (Wildman–Crippen MR) is 93.1 cm³/mol. The smallest absolute Gasteiger partial charge is 0.247 e. The first-order valence-corrected chi connectivity index (χ1v) is 8.71. The lowest BCUT2D eigenvalue weighted by Crippen LogP contribution is -1.97. The number of H-pyrrole nitrogens is 1. The summed E-state index contributed by atoms with van der Waals surface area (Å²) < 4.78 is 10.5. The molecule has 0 aliphatic heterocycles. The fraction of sp³-hybridized carbons (Fsp3) is 0.200. The van der Waals surface area contributed by atoms with Crippen LogP contribution < -0.4 is 14.8 Å². The second kappa shape index (κ2) is 7.38. The summed E-state index contributed by atoms with van der Waals surface area (Å²) in [6.45, 7) is 0. The summed E-state index contributed by atoms with van der Waals surface area (Å²) in [4.78, 5) is 5.73. The number of hydrogen-bond acceptors (Lipinski definition) is 7. The van der Waals surface area contributed by atoms with E-state index in [4.69, 9.17) is 9.47 Å². The molecule has 3 rings (SSSR count). The van der Waals surface area contributed by atoms with Gasteiger partial charge in [0.15, 0.2) is 5.16 Å². The fourth-order valence-corrected chi connectivity index (χ4v) is 3.50. The van der Waals surface area contributed by atoms with Crippen LogP contribution in [0.15, 0.2) is 40.9 Å². The number of aromatic nitrogens is 3. The number of benzene rings is 1. The Morgan fingerprint density at radius 1 is 1.26 bits per heavy atom. The summed E-state index contributed by atoms with van der Waals surface area (Å²) in [6, 6.07) is 9.68. The minimum atomic E-state index is 0.502. The van der Waals surface area contributed by atoms with Gasteiger partial charge in [-0.1, -0.05) is 17.8 Å². The van der Waals surface area contributed by atoms with Crippen molar-refractivity contribution >= 4 is 34.7 Å². The molecule has 6 nitrogen and oxygen atoms in total. The lowest BCUT2D eigenvalue weighted by Gasteiger charge is -2.10. The molecule has 0 bridgehead atoms. The van der Waals surface area contributed by atoms with E-state index in [1.54, 1.807) is 43.4 Å². The van der Waals surface area contributed by atoms with Crippen LogP contribution in [0.2, 0.25) is 0 Å². The van der Waals surface area contributed by atoms with Gasteiger partial charge in [0, 0.05) is 16.7 Å². The molecule has 23 heavy (non-hydrogen) atoms. The number of thiophene rings is 1. The molecule has 0 radical (unpaired) electrons. The summed E-state index contributed by atoms with van der Waals surface area (Å²) in [5, 5.41) is 13.1. The normalized spacial score (nSPS) is 10.5. The van der Waals surface area contributed by atoms with Gasteiger partial charge in [0.2, 0.25) is 5.95 Å². The van der Waals surface area contributed by atoms with Gasteiger partial charge in [0.25, 0.3) is 0 Å². The Hall–Kier alpha value is -2.19. The average Bonchev–Trinajstić information content (AvgIpc) is 3.25. The third-order valence-corrected chi connectivity index (χ3v) is 5.02. The topological polar surface area (TPSA) is 72.1 Å². The number of nitrogens with one attached hydrogen (secondary N) is 2. The lowest BCUT2D eigenvalue weighted by molar-refractivity contribution is 0.395. The van der Waals surface area contributed by atoms with Gasteiger partial charge in [-0.2, -0.15) is 4.98 Å². The zero-order valence-corrected chi connectivity index (χ0v) is 14.3. The molecular formula is C15H16N4O2S2. The van der Waals surface area contributed by atoms with E-state index in [0.29, 0.717) is 11.7 Å². The van der Waals surface area contributed by atoms with Crippen LogP contribution in [-0.4, -0.2) is 29.4 Å². The van der Waals surface area contributed by atoms with E-state index in [9.17, 15) is 0 Å². The van der Waals surface area contributed by atoms with Crippen molar-refractivity contribution in [3.05, 3.63) is 40.6 Å². The molecule has 2 aromatic heterocycles. The zero-order chi connectivity index (χ0) is 16.1. The van der Waals surface area contributed by atoms with Crippen LogP contribution in [0.4, 0.5) is 11.6 Å². The maximum absolute atomic E-state index is 5.35. The Morgan fingerprint density at radius 2 is 2.17 bits per heavy atom. The Bertz CT molecular complexity index is 759. The molecule has 2 N–H and O–H groups in total. The van der Waals surface area contributed by atoms with Crippen molar-refractivity contribution in [2.75, 3.05) is 19.5 Å². The van der Waals surface area contributed by atoms with Crippen LogP contribution in [-0.2, 0) is 5.75 Å². The average molecular weight is 348 g/mol. The molecule has 0 fully saturated rings. The SMILES string of the molecule is COc1ccc(Nc2n[nH]c(SCc3cccs3)n2)c(OC)c1. The van der Waals surface area contributed by atoms with Crippen LogP contribution in [0.25, 0.3) is 0 Å². The lowest BCUT2D eigenvalue weighted by atomic mass is 10.2. The Balaban J connectivity index is 1.66. The molecule has 8 heteroatoms. The molecule has 0 saturated heterocycles. The highest BCUT2D eigenvalue weighted by Crippen LogP contribution is 2.31. The first kappa shape index (κ1) is 15.7. The molecule has 120 valence electrons. The van der Waals surface area contributed by atoms with Gasteiger partial charge >= 0.3 is 0 Å². The quantitative estimate of drug-likeness (QED) is 0.631. The van der Waals surface area contributed by atoms with Gasteiger partial charge in [-0.15, -0.1) is 16.4 Å². The Kier molecular flexibility index (Phi) is 5.04. The molecule has 1 aromatic carbocycles. The maximum atomic E-state index is 5.35. The van der Waals surface area contributed by atoms with Gasteiger partial charge in [-0.25, -0.2) is 0 Å². The summed E-state index contributed by atoms with van der Waals surface area (Å²) in [5.74, 6) is 2.77. The van der Waals surface area contributed by atoms with E-state index < -0.39 is 0 Å². The number of ether oxygens (including phenoxy) is 2. The van der Waals surface area contributed by atoms with Crippen molar-refractivity contribution in [3.63, 3.8) is 0 Å². The summed E-state index contributed by atoms with van der Waals surface area (Å²) in [7, 11) is 3.23. The number of rotatable bonds is 7. The van der Waals surface area contributed by atoms with E-state index >= 15 is 0 Å². The monoisotopic (exact) mass is 348 g/mol. The first-order valence-electron chi connectivity index (χ1n) is 6.85. The van der Waals surface area contributed by atoms with Gasteiger partial charge in [-0.05, 0) is 23.6 Å². The van der Waals surface area contributed by atoms with Crippen LogP contribution in [0.5, 0.6) is 11.5 Å². The molecular weight excluding hydrogens is 332 g/mol. The number of anilines is 2. The second-order valence-electron chi connectivity index (χ2n) is 4.52. The summed E-state index contributed by atoms with van der Waals surface area (Å²) in [6.07, 6.45) is 0. The molecule has 0 saturated carbocycles. The minimum Gasteiger partial charge on any atom is -0.497 e. The van der Waals surface area contributed by atoms with Crippen molar-refractivity contribution in [1.82, 2.24) is 15.2 Å². The van der Waals surface area contributed by atoms with Gasteiger partial charge < -0.3 is 14.8 Å². The minimum absolute atomic E-state index is 0.502. The highest BCUT2D eigenvalue weighted by molar-refractivity contribution is 7.98. The number of aromatic amines is 1. The van der Waals surface area contributed by atoms with E-state index in [-0.39, 0.29) is 0 Å². The Labute approximate surface area is 142 Å². The van der Waals surface area contributed by atoms with Crippen molar-refractivity contribution in [2.45, 2.75) is 10.9 Å². The van der Waals surface area contributed by atoms with E-state index in [0.717, 1.165) is 22.3 Å². The molecule has 2 heterocycles. The molecule has 0 atom stereocenters. The molecule has 0 unspecified atom stereocenters. The van der Waals surface area contributed by atoms with Crippen molar-refractivity contribution in [1.29, 1.82) is 0 Å². The molecule has 0 aliphatic carbocycles.